The lowest BCUT2D eigenvalue weighted by molar-refractivity contribution is -0.159. The number of hydrogen-bond acceptors (Lipinski definition) is 5. The van der Waals surface area contributed by atoms with E-state index < -0.39 is 11.9 Å². The van der Waals surface area contributed by atoms with Crippen LogP contribution in [0.4, 0.5) is 0 Å². The number of piperidine rings is 1. The van der Waals surface area contributed by atoms with Crippen molar-refractivity contribution in [2.24, 2.45) is 0 Å². The molecular weight excluding hydrogens is 448 g/mol. The van der Waals surface area contributed by atoms with Crippen LogP contribution in [-0.2, 0) is 16.0 Å². The summed E-state index contributed by atoms with van der Waals surface area (Å²) in [5.74, 6) is -2.72. The number of aromatic hydroxyl groups is 1. The van der Waals surface area contributed by atoms with Crippen molar-refractivity contribution >= 4 is 22.8 Å². The van der Waals surface area contributed by atoms with E-state index in [1.165, 1.54) is 61.5 Å². The van der Waals surface area contributed by atoms with Gasteiger partial charge in [-0.1, -0.05) is 19.3 Å². The molecule has 3 heterocycles. The van der Waals surface area contributed by atoms with E-state index >= 15 is 0 Å². The lowest BCUT2D eigenvalue weighted by Gasteiger charge is -2.31. The van der Waals surface area contributed by atoms with Crippen molar-refractivity contribution in [3.05, 3.63) is 47.9 Å². The number of likely N-dealkylation sites (tertiary alicyclic amines) is 1. The highest BCUT2D eigenvalue weighted by Gasteiger charge is 2.23. The summed E-state index contributed by atoms with van der Waals surface area (Å²) in [5, 5.41) is 30.5. The highest BCUT2D eigenvalue weighted by Crippen LogP contribution is 2.34. The van der Waals surface area contributed by atoms with Crippen LogP contribution in [0.3, 0.4) is 0 Å². The lowest BCUT2D eigenvalue weighted by atomic mass is 9.89. The minimum absolute atomic E-state index is 0.351. The molecule has 1 saturated heterocycles. The van der Waals surface area contributed by atoms with Gasteiger partial charge in [0.05, 0.1) is 12.2 Å². The van der Waals surface area contributed by atoms with Crippen LogP contribution in [0.25, 0.3) is 10.9 Å². The highest BCUT2D eigenvalue weighted by atomic mass is 16.4. The van der Waals surface area contributed by atoms with Crippen LogP contribution < -0.4 is 0 Å². The van der Waals surface area contributed by atoms with Crippen molar-refractivity contribution in [3.63, 3.8) is 0 Å². The van der Waals surface area contributed by atoms with E-state index in [1.54, 1.807) is 6.07 Å². The van der Waals surface area contributed by atoms with Crippen LogP contribution in [0.2, 0.25) is 0 Å². The summed E-state index contributed by atoms with van der Waals surface area (Å²) in [4.78, 5) is 24.2. The summed E-state index contributed by atoms with van der Waals surface area (Å²) >= 11 is 0. The Morgan fingerprint density at radius 2 is 1.74 bits per heavy atom. The molecule has 35 heavy (non-hydrogen) atoms. The quantitative estimate of drug-likeness (QED) is 0.402. The normalized spacial score (nSPS) is 17.7. The highest BCUT2D eigenvalue weighted by molar-refractivity contribution is 6.27. The molecule has 1 aromatic carbocycles. The molecule has 2 aliphatic rings. The number of aromatic nitrogens is 3. The molecule has 0 radical (unpaired) electrons. The molecule has 1 aliphatic carbocycles. The van der Waals surface area contributed by atoms with E-state index in [0.29, 0.717) is 17.7 Å². The summed E-state index contributed by atoms with van der Waals surface area (Å²) in [5.41, 5.74) is 3.87. The van der Waals surface area contributed by atoms with Gasteiger partial charge in [-0.3, -0.25) is 4.68 Å². The van der Waals surface area contributed by atoms with Crippen LogP contribution in [-0.4, -0.2) is 66.6 Å². The molecule has 1 saturated carbocycles. The number of rotatable bonds is 5. The summed E-state index contributed by atoms with van der Waals surface area (Å²) in [6, 6.07) is 6.25. The SMILES string of the molecule is O=C(O)C(=O)O.Oc1ccc2[nH]cc(C3CCN(CCc4cnn(C5CCCCC5)c4)CC3)c2c1. The van der Waals surface area contributed by atoms with E-state index in [4.69, 9.17) is 19.8 Å². The van der Waals surface area contributed by atoms with E-state index in [2.05, 4.69) is 38.3 Å². The van der Waals surface area contributed by atoms with Gasteiger partial charge in [0.1, 0.15) is 5.75 Å². The molecule has 188 valence electrons. The Hall–Kier alpha value is -3.33. The first kappa shape index (κ1) is 24.8. The topological polar surface area (TPSA) is 132 Å². The molecule has 0 spiro atoms. The van der Waals surface area contributed by atoms with Crippen LogP contribution in [0, 0.1) is 0 Å². The zero-order chi connectivity index (χ0) is 24.8. The van der Waals surface area contributed by atoms with Crippen LogP contribution >= 0.6 is 0 Å². The second kappa shape index (κ2) is 11.4. The number of fused-ring (bicyclic) bond motifs is 1. The number of aliphatic carboxylic acids is 2. The van der Waals surface area contributed by atoms with Crippen molar-refractivity contribution in [1.82, 2.24) is 19.7 Å². The number of phenols is 1. The minimum atomic E-state index is -1.82. The predicted octanol–water partition coefficient (Wildman–Crippen LogP) is 4.15. The fourth-order valence-corrected chi connectivity index (χ4v) is 5.27. The number of nitrogens with zero attached hydrogens (tertiary/aromatic N) is 3. The molecule has 0 amide bonds. The van der Waals surface area contributed by atoms with Gasteiger partial charge in [-0.25, -0.2) is 9.59 Å². The maximum Gasteiger partial charge on any atom is 0.414 e. The number of benzene rings is 1. The number of carboxylic acids is 2. The Balaban J connectivity index is 0.000000431. The summed E-state index contributed by atoms with van der Waals surface area (Å²) < 4.78 is 2.23. The minimum Gasteiger partial charge on any atom is -0.508 e. The van der Waals surface area contributed by atoms with Gasteiger partial charge in [0.25, 0.3) is 0 Å². The number of hydrogen-bond donors (Lipinski definition) is 4. The largest absolute Gasteiger partial charge is 0.508 e. The first-order chi connectivity index (χ1) is 16.9. The van der Waals surface area contributed by atoms with Gasteiger partial charge in [0.15, 0.2) is 0 Å². The summed E-state index contributed by atoms with van der Waals surface area (Å²) in [6.45, 7) is 3.41. The van der Waals surface area contributed by atoms with Crippen LogP contribution in [0.5, 0.6) is 5.75 Å². The first-order valence-electron chi connectivity index (χ1n) is 12.4. The van der Waals surface area contributed by atoms with Crippen molar-refractivity contribution < 1.29 is 24.9 Å². The molecule has 9 nitrogen and oxygen atoms in total. The third-order valence-electron chi connectivity index (χ3n) is 7.23. The number of aromatic amines is 1. The molecule has 0 unspecified atom stereocenters. The van der Waals surface area contributed by atoms with Crippen LogP contribution in [0.15, 0.2) is 36.8 Å². The lowest BCUT2D eigenvalue weighted by Crippen LogP contribution is -2.34. The Morgan fingerprint density at radius 1 is 1.03 bits per heavy atom. The summed E-state index contributed by atoms with van der Waals surface area (Å²) in [6.07, 6.45) is 16.7. The number of phenolic OH excluding ortho intramolecular Hbond substituents is 1. The van der Waals surface area contributed by atoms with Crippen LogP contribution in [0.1, 0.15) is 68.0 Å². The second-order valence-corrected chi connectivity index (χ2v) is 9.57. The van der Waals surface area contributed by atoms with E-state index in [1.807, 2.05) is 12.1 Å². The Morgan fingerprint density at radius 3 is 2.43 bits per heavy atom. The fraction of sp³-hybridized carbons (Fsp3) is 0.500. The van der Waals surface area contributed by atoms with E-state index in [9.17, 15) is 5.11 Å². The first-order valence-corrected chi connectivity index (χ1v) is 12.4. The predicted molar refractivity (Wildman–Crippen MR) is 132 cm³/mol. The molecule has 9 heteroatoms. The number of nitrogens with one attached hydrogen (secondary N) is 1. The van der Waals surface area contributed by atoms with Gasteiger partial charge in [-0.15, -0.1) is 0 Å². The van der Waals surface area contributed by atoms with Crippen molar-refractivity contribution in [1.29, 1.82) is 0 Å². The van der Waals surface area contributed by atoms with Gasteiger partial charge in [-0.2, -0.15) is 5.10 Å². The van der Waals surface area contributed by atoms with Crippen molar-refractivity contribution in [2.75, 3.05) is 19.6 Å². The zero-order valence-corrected chi connectivity index (χ0v) is 19.9. The van der Waals surface area contributed by atoms with Crippen molar-refractivity contribution in [2.45, 2.75) is 63.3 Å². The van der Waals surface area contributed by atoms with Gasteiger partial charge in [0, 0.05) is 29.8 Å². The van der Waals surface area contributed by atoms with Gasteiger partial charge >= 0.3 is 11.9 Å². The molecule has 2 aromatic heterocycles. The number of carboxylic acid groups (broad SMARTS) is 2. The Labute approximate surface area is 204 Å². The smallest absolute Gasteiger partial charge is 0.414 e. The Bertz CT molecular complexity index is 1130. The van der Waals surface area contributed by atoms with Gasteiger partial charge in [-0.05, 0) is 80.4 Å². The Kier molecular flexibility index (Phi) is 8.07. The van der Waals surface area contributed by atoms with E-state index in [-0.39, 0.29) is 0 Å². The molecular formula is C26H34N4O5. The average Bonchev–Trinajstić information content (AvgIpc) is 3.51. The van der Waals surface area contributed by atoms with Crippen molar-refractivity contribution in [3.8, 4) is 5.75 Å². The summed E-state index contributed by atoms with van der Waals surface area (Å²) in [7, 11) is 0. The molecule has 3 aromatic rings. The standard InChI is InChI=1S/C24H32N4O.C2H2O4/c29-21-6-7-24-22(14-21)23(16-25-24)19-9-12-27(13-10-19)11-8-18-15-26-28(17-18)20-4-2-1-3-5-20;3-1(4)2(5)6/h6-7,14-17,19-20,25,29H,1-5,8-13H2;(H,3,4)(H,5,6). The average molecular weight is 483 g/mol. The fourth-order valence-electron chi connectivity index (χ4n) is 5.27. The molecule has 5 rings (SSSR count). The third-order valence-corrected chi connectivity index (χ3v) is 7.23. The maximum absolute atomic E-state index is 9.85. The molecule has 0 bridgehead atoms. The number of carbonyl (C=O) groups is 2. The second-order valence-electron chi connectivity index (χ2n) is 9.57. The zero-order valence-electron chi connectivity index (χ0n) is 19.9. The number of H-pyrrole nitrogens is 1. The maximum atomic E-state index is 9.85. The molecule has 2 fully saturated rings. The van der Waals surface area contributed by atoms with Gasteiger partial charge in [0.2, 0.25) is 0 Å². The van der Waals surface area contributed by atoms with E-state index in [0.717, 1.165) is 31.6 Å². The molecule has 0 atom stereocenters. The molecule has 4 N–H and O–H groups in total. The molecule has 1 aliphatic heterocycles. The third kappa shape index (κ3) is 6.42. The monoisotopic (exact) mass is 482 g/mol. The van der Waals surface area contributed by atoms with Gasteiger partial charge < -0.3 is 25.2 Å².